The summed E-state index contributed by atoms with van der Waals surface area (Å²) < 4.78 is 2.98. The van der Waals surface area contributed by atoms with E-state index in [1.165, 1.54) is 17.2 Å². The van der Waals surface area contributed by atoms with Gasteiger partial charge in [0.1, 0.15) is 5.69 Å². The predicted octanol–water partition coefficient (Wildman–Crippen LogP) is -0.748. The van der Waals surface area contributed by atoms with E-state index in [4.69, 9.17) is 10.8 Å². The van der Waals surface area contributed by atoms with Gasteiger partial charge < -0.3 is 15.4 Å². The average molecular weight is 264 g/mol. The lowest BCUT2D eigenvalue weighted by Crippen LogP contribution is -2.15. The van der Waals surface area contributed by atoms with E-state index in [9.17, 15) is 9.59 Å². The highest BCUT2D eigenvalue weighted by molar-refractivity contribution is 5.92. The fraction of sp³-hybridized carbons (Fsp3) is 0.300. The molecule has 100 valence electrons. The summed E-state index contributed by atoms with van der Waals surface area (Å²) in [6, 6.07) is 0. The van der Waals surface area contributed by atoms with Crippen LogP contribution in [0.25, 0.3) is 11.4 Å². The van der Waals surface area contributed by atoms with Crippen molar-refractivity contribution in [2.24, 2.45) is 12.8 Å². The maximum Gasteiger partial charge on any atom is 0.358 e. The number of carbonyl (C=O) groups excluding carboxylic acids is 1. The minimum Gasteiger partial charge on any atom is -0.476 e. The normalized spacial score (nSPS) is 10.6. The SMILES string of the molecule is Cn1cncc1-c1c(C(=O)O)nnn1CCC(N)=O. The van der Waals surface area contributed by atoms with Crippen molar-refractivity contribution < 1.29 is 14.7 Å². The number of aromatic nitrogens is 5. The van der Waals surface area contributed by atoms with Crippen LogP contribution in [0.1, 0.15) is 16.9 Å². The summed E-state index contributed by atoms with van der Waals surface area (Å²) in [4.78, 5) is 25.9. The largest absolute Gasteiger partial charge is 0.476 e. The molecule has 0 aromatic carbocycles. The Kier molecular flexibility index (Phi) is 3.27. The minimum atomic E-state index is -1.19. The summed E-state index contributed by atoms with van der Waals surface area (Å²) in [5.41, 5.74) is 5.73. The van der Waals surface area contributed by atoms with E-state index in [0.29, 0.717) is 11.4 Å². The minimum absolute atomic E-state index is 0.0489. The van der Waals surface area contributed by atoms with Crippen LogP contribution in [0.15, 0.2) is 12.5 Å². The number of rotatable bonds is 5. The summed E-state index contributed by atoms with van der Waals surface area (Å²) in [6.45, 7) is 0.163. The molecule has 0 saturated heterocycles. The molecular weight excluding hydrogens is 252 g/mol. The number of carboxylic acids is 1. The van der Waals surface area contributed by atoms with Crippen LogP contribution in [0, 0.1) is 0 Å². The number of primary amides is 1. The molecule has 0 aliphatic heterocycles. The Morgan fingerprint density at radius 1 is 1.47 bits per heavy atom. The quantitative estimate of drug-likeness (QED) is 0.731. The molecule has 0 bridgehead atoms. The van der Waals surface area contributed by atoms with Gasteiger partial charge in [0.2, 0.25) is 5.91 Å². The number of hydrogen-bond acceptors (Lipinski definition) is 5. The molecule has 2 rings (SSSR count). The van der Waals surface area contributed by atoms with Crippen LogP contribution in [-0.2, 0) is 18.4 Å². The second kappa shape index (κ2) is 4.88. The number of carboxylic acid groups (broad SMARTS) is 1. The molecule has 2 aromatic rings. The lowest BCUT2D eigenvalue weighted by molar-refractivity contribution is -0.118. The van der Waals surface area contributed by atoms with Gasteiger partial charge in [-0.25, -0.2) is 14.5 Å². The van der Waals surface area contributed by atoms with Gasteiger partial charge in [-0.05, 0) is 0 Å². The van der Waals surface area contributed by atoms with Crippen LogP contribution in [0.3, 0.4) is 0 Å². The van der Waals surface area contributed by atoms with Gasteiger partial charge in [0.25, 0.3) is 0 Å². The molecule has 0 aliphatic rings. The number of aromatic carboxylic acids is 1. The monoisotopic (exact) mass is 264 g/mol. The lowest BCUT2D eigenvalue weighted by Gasteiger charge is -2.06. The second-order valence-corrected chi connectivity index (χ2v) is 3.92. The molecule has 2 aromatic heterocycles. The zero-order valence-electron chi connectivity index (χ0n) is 10.1. The number of carbonyl (C=O) groups is 2. The van der Waals surface area contributed by atoms with Crippen LogP contribution in [0.4, 0.5) is 0 Å². The first-order valence-corrected chi connectivity index (χ1v) is 5.42. The number of nitrogens with two attached hydrogens (primary N) is 1. The van der Waals surface area contributed by atoms with Gasteiger partial charge in [-0.2, -0.15) is 0 Å². The van der Waals surface area contributed by atoms with Crippen LogP contribution in [-0.4, -0.2) is 41.5 Å². The molecule has 0 atom stereocenters. The number of hydrogen-bond donors (Lipinski definition) is 2. The summed E-state index contributed by atoms with van der Waals surface area (Å²) in [6.07, 6.45) is 3.09. The summed E-state index contributed by atoms with van der Waals surface area (Å²) in [5.74, 6) is -1.69. The molecule has 9 heteroatoms. The second-order valence-electron chi connectivity index (χ2n) is 3.92. The third-order valence-corrected chi connectivity index (χ3v) is 2.57. The average Bonchev–Trinajstić information content (AvgIpc) is 2.91. The number of imidazole rings is 1. The van der Waals surface area contributed by atoms with Crippen molar-refractivity contribution in [3.8, 4) is 11.4 Å². The van der Waals surface area contributed by atoms with E-state index >= 15 is 0 Å². The van der Waals surface area contributed by atoms with Crippen molar-refractivity contribution in [3.05, 3.63) is 18.2 Å². The molecule has 0 unspecified atom stereocenters. The Hall–Kier alpha value is -2.71. The fourth-order valence-electron chi connectivity index (χ4n) is 1.67. The Morgan fingerprint density at radius 3 is 2.74 bits per heavy atom. The van der Waals surface area contributed by atoms with Gasteiger partial charge in [-0.15, -0.1) is 5.10 Å². The van der Waals surface area contributed by atoms with Gasteiger partial charge >= 0.3 is 5.97 Å². The molecule has 0 aliphatic carbocycles. The van der Waals surface area contributed by atoms with Crippen molar-refractivity contribution in [1.29, 1.82) is 0 Å². The molecule has 2 heterocycles. The van der Waals surface area contributed by atoms with Crippen LogP contribution in [0.5, 0.6) is 0 Å². The van der Waals surface area contributed by atoms with Crippen molar-refractivity contribution in [2.75, 3.05) is 0 Å². The molecule has 3 N–H and O–H groups in total. The molecule has 9 nitrogen and oxygen atoms in total. The summed E-state index contributed by atoms with van der Waals surface area (Å²) >= 11 is 0. The molecule has 0 fully saturated rings. The molecule has 19 heavy (non-hydrogen) atoms. The van der Waals surface area contributed by atoms with Gasteiger partial charge in [0.05, 0.1) is 24.8 Å². The van der Waals surface area contributed by atoms with Gasteiger partial charge in [-0.1, -0.05) is 5.21 Å². The van der Waals surface area contributed by atoms with Crippen LogP contribution in [0.2, 0.25) is 0 Å². The standard InChI is InChI=1S/C10H12N6O3/c1-15-5-12-4-6(15)9-8(10(18)19)13-14-16(9)3-2-7(11)17/h4-5H,2-3H2,1H3,(H2,11,17)(H,18,19). The summed E-state index contributed by atoms with van der Waals surface area (Å²) in [5, 5.41) is 16.5. The van der Waals surface area contributed by atoms with Crippen molar-refractivity contribution in [1.82, 2.24) is 24.5 Å². The van der Waals surface area contributed by atoms with E-state index in [1.807, 2.05) is 0 Å². The van der Waals surface area contributed by atoms with E-state index in [2.05, 4.69) is 15.3 Å². The van der Waals surface area contributed by atoms with Crippen LogP contribution >= 0.6 is 0 Å². The van der Waals surface area contributed by atoms with Crippen molar-refractivity contribution >= 4 is 11.9 Å². The molecule has 0 radical (unpaired) electrons. The van der Waals surface area contributed by atoms with E-state index in [0.717, 1.165) is 0 Å². The third-order valence-electron chi connectivity index (χ3n) is 2.57. The third kappa shape index (κ3) is 2.44. The fourth-order valence-corrected chi connectivity index (χ4v) is 1.67. The van der Waals surface area contributed by atoms with E-state index in [1.54, 1.807) is 11.6 Å². The van der Waals surface area contributed by atoms with Crippen molar-refractivity contribution in [3.63, 3.8) is 0 Å². The zero-order chi connectivity index (χ0) is 14.0. The highest BCUT2D eigenvalue weighted by Gasteiger charge is 2.22. The molecule has 0 spiro atoms. The molecule has 0 saturated carbocycles. The number of aryl methyl sites for hydroxylation is 2. The smallest absolute Gasteiger partial charge is 0.358 e. The predicted molar refractivity (Wildman–Crippen MR) is 63.0 cm³/mol. The Balaban J connectivity index is 2.48. The van der Waals surface area contributed by atoms with Crippen molar-refractivity contribution in [2.45, 2.75) is 13.0 Å². The summed E-state index contributed by atoms with van der Waals surface area (Å²) in [7, 11) is 1.72. The first-order chi connectivity index (χ1) is 9.00. The Labute approximate surface area is 107 Å². The Bertz CT molecular complexity index is 629. The molecular formula is C10H12N6O3. The number of amides is 1. The topological polar surface area (TPSA) is 129 Å². The zero-order valence-corrected chi connectivity index (χ0v) is 10.1. The highest BCUT2D eigenvalue weighted by atomic mass is 16.4. The maximum absolute atomic E-state index is 11.1. The number of nitrogens with zero attached hydrogens (tertiary/aromatic N) is 5. The highest BCUT2D eigenvalue weighted by Crippen LogP contribution is 2.21. The Morgan fingerprint density at radius 2 is 2.21 bits per heavy atom. The van der Waals surface area contributed by atoms with Gasteiger partial charge in [0, 0.05) is 13.5 Å². The van der Waals surface area contributed by atoms with E-state index < -0.39 is 11.9 Å². The lowest BCUT2D eigenvalue weighted by atomic mass is 10.2. The maximum atomic E-state index is 11.1. The van der Waals surface area contributed by atoms with Gasteiger partial charge in [0.15, 0.2) is 5.69 Å². The first kappa shape index (κ1) is 12.7. The first-order valence-electron chi connectivity index (χ1n) is 5.42. The molecule has 1 amide bonds. The van der Waals surface area contributed by atoms with Crippen LogP contribution < -0.4 is 5.73 Å². The van der Waals surface area contributed by atoms with E-state index in [-0.39, 0.29) is 18.7 Å². The van der Waals surface area contributed by atoms with Gasteiger partial charge in [-0.3, -0.25) is 4.79 Å².